The highest BCUT2D eigenvalue weighted by Gasteiger charge is 2.27. The number of thiol groups is 1. The monoisotopic (exact) mass is 203 g/mol. The zero-order valence-electron chi connectivity index (χ0n) is 9.51. The van der Waals surface area contributed by atoms with Crippen LogP contribution in [0.3, 0.4) is 0 Å². The lowest BCUT2D eigenvalue weighted by atomic mass is 10.0. The van der Waals surface area contributed by atoms with Gasteiger partial charge in [-0.2, -0.15) is 12.6 Å². The summed E-state index contributed by atoms with van der Waals surface area (Å²) in [5.41, 5.74) is 0.0364. The van der Waals surface area contributed by atoms with Gasteiger partial charge in [-0.25, -0.2) is 0 Å². The number of hydrogen-bond acceptors (Lipinski definition) is 3. The molecular formula is C10H21NOS. The van der Waals surface area contributed by atoms with E-state index < -0.39 is 4.75 Å². The summed E-state index contributed by atoms with van der Waals surface area (Å²) in [4.78, 5) is 13.6. The predicted octanol–water partition coefficient (Wildman–Crippen LogP) is 1.99. The summed E-state index contributed by atoms with van der Waals surface area (Å²) in [6.45, 7) is 10.4. The molecule has 0 aliphatic carbocycles. The van der Waals surface area contributed by atoms with Crippen LogP contribution >= 0.6 is 12.6 Å². The minimum Gasteiger partial charge on any atom is -0.297 e. The molecule has 0 aliphatic heterocycles. The Morgan fingerprint density at radius 3 is 1.85 bits per heavy atom. The SMILES string of the molecule is CN(CC(=O)C(C)(C)S)C(C)(C)C. The van der Waals surface area contributed by atoms with Crippen molar-refractivity contribution >= 4 is 18.4 Å². The minimum atomic E-state index is -0.528. The molecule has 0 radical (unpaired) electrons. The van der Waals surface area contributed by atoms with Gasteiger partial charge in [-0.15, -0.1) is 0 Å². The van der Waals surface area contributed by atoms with Crippen molar-refractivity contribution in [3.63, 3.8) is 0 Å². The van der Waals surface area contributed by atoms with E-state index in [4.69, 9.17) is 0 Å². The number of likely N-dealkylation sites (N-methyl/N-ethyl adjacent to an activating group) is 1. The number of carbonyl (C=O) groups excluding carboxylic acids is 1. The molecule has 0 fully saturated rings. The van der Waals surface area contributed by atoms with Crippen molar-refractivity contribution in [2.45, 2.75) is 44.9 Å². The lowest BCUT2D eigenvalue weighted by Gasteiger charge is -2.32. The summed E-state index contributed by atoms with van der Waals surface area (Å²) in [7, 11) is 1.96. The Kier molecular flexibility index (Phi) is 4.00. The van der Waals surface area contributed by atoms with Gasteiger partial charge in [0.2, 0.25) is 0 Å². The van der Waals surface area contributed by atoms with E-state index in [9.17, 15) is 4.79 Å². The summed E-state index contributed by atoms with van der Waals surface area (Å²) in [5.74, 6) is 0.160. The van der Waals surface area contributed by atoms with Gasteiger partial charge in [-0.05, 0) is 41.7 Å². The first-order valence-electron chi connectivity index (χ1n) is 4.52. The number of rotatable bonds is 3. The summed E-state index contributed by atoms with van der Waals surface area (Å²) < 4.78 is -0.528. The molecule has 0 saturated carbocycles. The van der Waals surface area contributed by atoms with Gasteiger partial charge in [0.1, 0.15) is 0 Å². The normalized spacial score (nSPS) is 13.5. The summed E-state index contributed by atoms with van der Waals surface area (Å²) in [5, 5.41) is 0. The molecule has 0 saturated heterocycles. The van der Waals surface area contributed by atoms with Crippen LogP contribution < -0.4 is 0 Å². The summed E-state index contributed by atoms with van der Waals surface area (Å²) in [6.07, 6.45) is 0. The van der Waals surface area contributed by atoms with E-state index in [1.807, 2.05) is 25.8 Å². The molecule has 0 atom stereocenters. The van der Waals surface area contributed by atoms with Gasteiger partial charge in [-0.3, -0.25) is 9.69 Å². The van der Waals surface area contributed by atoms with Crippen LogP contribution in [0, 0.1) is 0 Å². The molecule has 3 heteroatoms. The Balaban J connectivity index is 4.24. The van der Waals surface area contributed by atoms with E-state index >= 15 is 0 Å². The van der Waals surface area contributed by atoms with Gasteiger partial charge in [0.05, 0.1) is 11.3 Å². The largest absolute Gasteiger partial charge is 0.297 e. The molecule has 0 aromatic rings. The lowest BCUT2D eigenvalue weighted by molar-refractivity contribution is -0.122. The molecule has 0 aromatic carbocycles. The van der Waals surface area contributed by atoms with Gasteiger partial charge < -0.3 is 0 Å². The van der Waals surface area contributed by atoms with E-state index in [2.05, 4.69) is 33.4 Å². The third-order valence-electron chi connectivity index (χ3n) is 2.21. The van der Waals surface area contributed by atoms with Crippen molar-refractivity contribution in [3.05, 3.63) is 0 Å². The fourth-order valence-corrected chi connectivity index (χ4v) is 0.717. The van der Waals surface area contributed by atoms with Crippen molar-refractivity contribution < 1.29 is 4.79 Å². The molecule has 0 amide bonds. The molecule has 0 aliphatic rings. The average Bonchev–Trinajstić information content (AvgIpc) is 1.82. The van der Waals surface area contributed by atoms with Crippen molar-refractivity contribution in [3.8, 4) is 0 Å². The Bertz CT molecular complexity index is 188. The standard InChI is InChI=1S/C10H21NOS/c1-9(2,3)11(6)7-8(12)10(4,5)13/h13H,7H2,1-6H3. The van der Waals surface area contributed by atoms with Crippen LogP contribution in [0.15, 0.2) is 0 Å². The molecule has 0 heterocycles. The number of ketones is 1. The van der Waals surface area contributed by atoms with Gasteiger partial charge in [0.15, 0.2) is 5.78 Å². The van der Waals surface area contributed by atoms with Crippen LogP contribution in [0.1, 0.15) is 34.6 Å². The second-order valence-electron chi connectivity index (χ2n) is 5.01. The highest BCUT2D eigenvalue weighted by molar-refractivity contribution is 7.82. The third-order valence-corrected chi connectivity index (χ3v) is 2.46. The van der Waals surface area contributed by atoms with E-state index in [1.165, 1.54) is 0 Å². The van der Waals surface area contributed by atoms with Crippen LogP contribution in [-0.2, 0) is 4.79 Å². The molecule has 0 bridgehead atoms. The number of carbonyl (C=O) groups is 1. The highest BCUT2D eigenvalue weighted by atomic mass is 32.1. The lowest BCUT2D eigenvalue weighted by Crippen LogP contribution is -2.45. The molecule has 0 rings (SSSR count). The maximum absolute atomic E-state index is 11.6. The van der Waals surface area contributed by atoms with E-state index in [0.29, 0.717) is 6.54 Å². The Morgan fingerprint density at radius 1 is 1.23 bits per heavy atom. The maximum Gasteiger partial charge on any atom is 0.161 e. The fraction of sp³-hybridized carbons (Fsp3) is 0.900. The zero-order valence-corrected chi connectivity index (χ0v) is 10.4. The first-order valence-corrected chi connectivity index (χ1v) is 4.97. The molecule has 2 nitrogen and oxygen atoms in total. The third kappa shape index (κ3) is 4.67. The van der Waals surface area contributed by atoms with Crippen molar-refractivity contribution in [2.75, 3.05) is 13.6 Å². The fourth-order valence-electron chi connectivity index (χ4n) is 0.646. The van der Waals surface area contributed by atoms with E-state index in [1.54, 1.807) is 0 Å². The predicted molar refractivity (Wildman–Crippen MR) is 60.5 cm³/mol. The van der Waals surface area contributed by atoms with Crippen molar-refractivity contribution in [2.24, 2.45) is 0 Å². The minimum absolute atomic E-state index is 0.0364. The highest BCUT2D eigenvalue weighted by Crippen LogP contribution is 2.16. The molecule has 0 N–H and O–H groups in total. The van der Waals surface area contributed by atoms with Gasteiger partial charge in [-0.1, -0.05) is 0 Å². The van der Waals surface area contributed by atoms with Crippen LogP contribution in [0.2, 0.25) is 0 Å². The first kappa shape index (κ1) is 13.0. The molecule has 0 spiro atoms. The van der Waals surface area contributed by atoms with Gasteiger partial charge in [0, 0.05) is 5.54 Å². The van der Waals surface area contributed by atoms with Gasteiger partial charge >= 0.3 is 0 Å². The molecule has 0 unspecified atom stereocenters. The van der Waals surface area contributed by atoms with Gasteiger partial charge in [0.25, 0.3) is 0 Å². The Labute approximate surface area is 87.1 Å². The van der Waals surface area contributed by atoms with Crippen LogP contribution in [0.5, 0.6) is 0 Å². The molecular weight excluding hydrogens is 182 g/mol. The van der Waals surface area contributed by atoms with Crippen molar-refractivity contribution in [1.82, 2.24) is 4.90 Å². The smallest absolute Gasteiger partial charge is 0.161 e. The number of hydrogen-bond donors (Lipinski definition) is 1. The van der Waals surface area contributed by atoms with Crippen LogP contribution in [-0.4, -0.2) is 34.6 Å². The molecule has 78 valence electrons. The zero-order chi connectivity index (χ0) is 10.9. The molecule has 0 aromatic heterocycles. The quantitative estimate of drug-likeness (QED) is 0.708. The summed E-state index contributed by atoms with van der Waals surface area (Å²) in [6, 6.07) is 0. The maximum atomic E-state index is 11.6. The Morgan fingerprint density at radius 2 is 1.62 bits per heavy atom. The van der Waals surface area contributed by atoms with Crippen molar-refractivity contribution in [1.29, 1.82) is 0 Å². The Hall–Kier alpha value is -0.0200. The van der Waals surface area contributed by atoms with Crippen LogP contribution in [0.25, 0.3) is 0 Å². The van der Waals surface area contributed by atoms with E-state index in [-0.39, 0.29) is 11.3 Å². The summed E-state index contributed by atoms with van der Waals surface area (Å²) >= 11 is 4.24. The second-order valence-corrected chi connectivity index (χ2v) is 6.13. The number of nitrogens with zero attached hydrogens (tertiary/aromatic N) is 1. The molecule has 13 heavy (non-hydrogen) atoms. The van der Waals surface area contributed by atoms with E-state index in [0.717, 1.165) is 0 Å². The second kappa shape index (κ2) is 4.01. The topological polar surface area (TPSA) is 20.3 Å². The average molecular weight is 203 g/mol. The number of Topliss-reactive ketones (excluding diaryl/α,β-unsaturated/α-hetero) is 1. The van der Waals surface area contributed by atoms with Crippen LogP contribution in [0.4, 0.5) is 0 Å². The first-order chi connectivity index (χ1) is 5.55.